The normalized spacial score (nSPS) is 16.1. The highest BCUT2D eigenvalue weighted by Crippen LogP contribution is 2.45. The van der Waals surface area contributed by atoms with Gasteiger partial charge in [-0.1, -0.05) is 77.7 Å². The highest BCUT2D eigenvalue weighted by molar-refractivity contribution is 8.00. The predicted octanol–water partition coefficient (Wildman–Crippen LogP) is 6.33. The smallest absolute Gasteiger partial charge is 0.301 e. The van der Waals surface area contributed by atoms with Crippen LogP contribution in [-0.2, 0) is 15.3 Å². The number of carbonyl (C=O) groups excluding carboxylic acids is 2. The average molecular weight is 612 g/mol. The van der Waals surface area contributed by atoms with E-state index in [-0.39, 0.29) is 27.8 Å². The van der Waals surface area contributed by atoms with Crippen LogP contribution in [0.1, 0.15) is 22.7 Å². The van der Waals surface area contributed by atoms with E-state index < -0.39 is 17.7 Å². The second-order valence-electron chi connectivity index (χ2n) is 9.61. The first-order chi connectivity index (χ1) is 20.9. The van der Waals surface area contributed by atoms with Crippen LogP contribution in [0.25, 0.3) is 16.5 Å². The molecule has 0 bridgehead atoms. The van der Waals surface area contributed by atoms with Gasteiger partial charge in [-0.15, -0.1) is 10.2 Å². The molecule has 1 aromatic heterocycles. The minimum Gasteiger partial charge on any atom is -0.508 e. The zero-order chi connectivity index (χ0) is 30.1. The fourth-order valence-electron chi connectivity index (χ4n) is 5.06. The topological polar surface area (TPSA) is 122 Å². The lowest BCUT2D eigenvalue weighted by Gasteiger charge is -2.22. The lowest BCUT2D eigenvalue weighted by atomic mass is 9.95. The third-order valence-electron chi connectivity index (χ3n) is 7.14. The van der Waals surface area contributed by atoms with Crippen molar-refractivity contribution in [2.24, 2.45) is 0 Å². The van der Waals surface area contributed by atoms with Crippen LogP contribution in [0.15, 0.2) is 94.8 Å². The molecule has 11 heteroatoms. The molecule has 0 unspecified atom stereocenters. The van der Waals surface area contributed by atoms with Crippen LogP contribution >= 0.6 is 23.1 Å². The highest BCUT2D eigenvalue weighted by atomic mass is 32.2. The van der Waals surface area contributed by atoms with E-state index in [1.54, 1.807) is 24.3 Å². The number of aromatic nitrogens is 2. The van der Waals surface area contributed by atoms with Crippen molar-refractivity contribution >= 4 is 56.5 Å². The molecule has 0 spiro atoms. The van der Waals surface area contributed by atoms with E-state index in [9.17, 15) is 19.8 Å². The number of benzene rings is 4. The Labute approximate surface area is 255 Å². The fourth-order valence-corrected chi connectivity index (χ4v) is 6.93. The molecule has 2 heterocycles. The number of methoxy groups -OCH3 is 2. The summed E-state index contributed by atoms with van der Waals surface area (Å²) in [6.07, 6.45) is 0. The van der Waals surface area contributed by atoms with Crippen LogP contribution in [-0.4, -0.2) is 46.3 Å². The van der Waals surface area contributed by atoms with Crippen molar-refractivity contribution in [2.75, 3.05) is 19.1 Å². The van der Waals surface area contributed by atoms with E-state index in [2.05, 4.69) is 34.5 Å². The molecule has 4 aromatic carbocycles. The molecule has 216 valence electrons. The Balaban J connectivity index is 1.38. The molecule has 1 fully saturated rings. The molecule has 1 aliphatic heterocycles. The number of thioether (sulfide) groups is 1. The largest absolute Gasteiger partial charge is 0.508 e. The van der Waals surface area contributed by atoms with E-state index in [1.807, 2.05) is 18.2 Å². The highest BCUT2D eigenvalue weighted by Gasteiger charge is 2.48. The minimum atomic E-state index is -1.02. The van der Waals surface area contributed by atoms with Gasteiger partial charge in [0.25, 0.3) is 5.78 Å². The SMILES string of the molecule is COc1ccc(C(O)=C2C(=O)C(=O)N(c3nnc(SCc4cccc5ccccc45)s3)[C@H]2c2ccc(O)cc2)cc1OC. The summed E-state index contributed by atoms with van der Waals surface area (Å²) in [5.74, 6) is -0.656. The lowest BCUT2D eigenvalue weighted by Crippen LogP contribution is -2.29. The molecule has 43 heavy (non-hydrogen) atoms. The Hall–Kier alpha value is -4.87. The van der Waals surface area contributed by atoms with Crippen LogP contribution in [0.3, 0.4) is 0 Å². The molecule has 5 aromatic rings. The van der Waals surface area contributed by atoms with Crippen LogP contribution in [0.4, 0.5) is 5.13 Å². The monoisotopic (exact) mass is 611 g/mol. The Morgan fingerprint density at radius 1 is 0.930 bits per heavy atom. The van der Waals surface area contributed by atoms with Crippen LogP contribution in [0, 0.1) is 0 Å². The zero-order valence-electron chi connectivity index (χ0n) is 23.1. The van der Waals surface area contributed by atoms with E-state index in [0.29, 0.717) is 27.2 Å². The number of phenols is 1. The number of nitrogens with zero attached hydrogens (tertiary/aromatic N) is 3. The summed E-state index contributed by atoms with van der Waals surface area (Å²) in [6.45, 7) is 0. The fraction of sp³-hybridized carbons (Fsp3) is 0.125. The second kappa shape index (κ2) is 11.8. The van der Waals surface area contributed by atoms with Gasteiger partial charge in [0.2, 0.25) is 5.13 Å². The van der Waals surface area contributed by atoms with Gasteiger partial charge in [0, 0.05) is 11.3 Å². The number of phenolic OH excluding ortho intramolecular Hbond substituents is 1. The summed E-state index contributed by atoms with van der Waals surface area (Å²) in [5.41, 5.74) is 1.78. The van der Waals surface area contributed by atoms with E-state index >= 15 is 0 Å². The second-order valence-corrected chi connectivity index (χ2v) is 11.8. The van der Waals surface area contributed by atoms with Crippen LogP contribution < -0.4 is 14.4 Å². The van der Waals surface area contributed by atoms with Gasteiger partial charge in [0.15, 0.2) is 15.8 Å². The molecular formula is C32H25N3O6S2. The predicted molar refractivity (Wildman–Crippen MR) is 166 cm³/mol. The molecule has 0 saturated carbocycles. The number of aliphatic hydroxyl groups is 1. The molecule has 1 aliphatic rings. The summed E-state index contributed by atoms with van der Waals surface area (Å²) in [7, 11) is 2.95. The van der Waals surface area contributed by atoms with Crippen molar-refractivity contribution in [3.05, 3.63) is 107 Å². The molecule has 2 N–H and O–H groups in total. The maximum absolute atomic E-state index is 13.5. The molecule has 1 atom stereocenters. The number of hydrogen-bond acceptors (Lipinski definition) is 10. The molecule has 6 rings (SSSR count). The van der Waals surface area contributed by atoms with Gasteiger partial charge in [0.1, 0.15) is 11.5 Å². The number of aliphatic hydroxyl groups excluding tert-OH is 1. The minimum absolute atomic E-state index is 0.0172. The first kappa shape index (κ1) is 28.3. The number of ether oxygens (including phenoxy) is 2. The van der Waals surface area contributed by atoms with Gasteiger partial charge in [-0.2, -0.15) is 0 Å². The van der Waals surface area contributed by atoms with Gasteiger partial charge < -0.3 is 19.7 Å². The molecule has 1 amide bonds. The molecule has 0 aliphatic carbocycles. The summed E-state index contributed by atoms with van der Waals surface area (Å²) in [4.78, 5) is 28.3. The lowest BCUT2D eigenvalue weighted by molar-refractivity contribution is -0.132. The summed E-state index contributed by atoms with van der Waals surface area (Å²) < 4.78 is 11.3. The molecule has 9 nitrogen and oxygen atoms in total. The van der Waals surface area contributed by atoms with Crippen molar-refractivity contribution in [1.82, 2.24) is 10.2 Å². The average Bonchev–Trinajstić information content (AvgIpc) is 3.61. The number of rotatable bonds is 8. The van der Waals surface area contributed by atoms with E-state index in [4.69, 9.17) is 9.47 Å². The van der Waals surface area contributed by atoms with Gasteiger partial charge >= 0.3 is 5.91 Å². The van der Waals surface area contributed by atoms with Crippen molar-refractivity contribution in [1.29, 1.82) is 0 Å². The van der Waals surface area contributed by atoms with E-state index in [0.717, 1.165) is 16.3 Å². The maximum atomic E-state index is 13.5. The third kappa shape index (κ3) is 5.28. The Morgan fingerprint density at radius 2 is 1.67 bits per heavy atom. The van der Waals surface area contributed by atoms with Crippen molar-refractivity contribution in [2.45, 2.75) is 16.1 Å². The van der Waals surface area contributed by atoms with Crippen molar-refractivity contribution < 1.29 is 29.3 Å². The molecular weight excluding hydrogens is 587 g/mol. The number of ketones is 1. The maximum Gasteiger partial charge on any atom is 0.301 e. The Bertz CT molecular complexity index is 1880. The zero-order valence-corrected chi connectivity index (χ0v) is 24.7. The number of amides is 1. The Kier molecular flexibility index (Phi) is 7.75. The third-order valence-corrected chi connectivity index (χ3v) is 9.25. The first-order valence-electron chi connectivity index (χ1n) is 13.1. The van der Waals surface area contributed by atoms with Crippen molar-refractivity contribution in [3.63, 3.8) is 0 Å². The number of Topliss-reactive ketones (excluding diaryl/α,β-unsaturated/α-hetero) is 1. The van der Waals surface area contributed by atoms with Gasteiger partial charge in [-0.25, -0.2) is 0 Å². The number of anilines is 1. The number of carbonyl (C=O) groups is 2. The van der Waals surface area contributed by atoms with Gasteiger partial charge in [-0.3, -0.25) is 14.5 Å². The number of hydrogen-bond donors (Lipinski definition) is 2. The molecule has 0 radical (unpaired) electrons. The van der Waals surface area contributed by atoms with Gasteiger partial charge in [0.05, 0.1) is 25.8 Å². The van der Waals surface area contributed by atoms with Crippen LogP contribution in [0.2, 0.25) is 0 Å². The number of aromatic hydroxyl groups is 1. The summed E-state index contributed by atoms with van der Waals surface area (Å²) in [5, 5.41) is 32.4. The van der Waals surface area contributed by atoms with Crippen molar-refractivity contribution in [3.8, 4) is 17.2 Å². The first-order valence-corrected chi connectivity index (χ1v) is 14.9. The quantitative estimate of drug-likeness (QED) is 0.0681. The summed E-state index contributed by atoms with van der Waals surface area (Å²) in [6, 6.07) is 24.1. The van der Waals surface area contributed by atoms with Gasteiger partial charge in [-0.05, 0) is 52.2 Å². The molecule has 1 saturated heterocycles. The van der Waals surface area contributed by atoms with E-state index in [1.165, 1.54) is 60.4 Å². The number of fused-ring (bicyclic) bond motifs is 1. The standard InChI is InChI=1S/C32H25N3O6S2/c1-40-24-15-12-20(16-25(24)41-2)28(37)26-27(19-10-13-22(36)14-11-19)35(30(39)29(26)38)31-33-34-32(43-31)42-17-21-8-5-7-18-6-3-4-9-23(18)21/h3-16,27,36-37H,17H2,1-2H3/t27-/m0/s1. The summed E-state index contributed by atoms with van der Waals surface area (Å²) >= 11 is 2.67. The van der Waals surface area contributed by atoms with Crippen LogP contribution in [0.5, 0.6) is 17.2 Å². The Morgan fingerprint density at radius 3 is 2.44 bits per heavy atom.